The number of carbonyl (C=O) groups excluding carboxylic acids is 1. The van der Waals surface area contributed by atoms with Crippen LogP contribution < -0.4 is 0 Å². The highest BCUT2D eigenvalue weighted by atomic mass is 16.5. The summed E-state index contributed by atoms with van der Waals surface area (Å²) in [6.45, 7) is 4.56. The summed E-state index contributed by atoms with van der Waals surface area (Å²) >= 11 is 0. The topological polar surface area (TPSA) is 26.3 Å². The monoisotopic (exact) mass is 156 g/mol. The molecular formula is C9H16O2. The van der Waals surface area contributed by atoms with Crippen LogP contribution in [0, 0.1) is 0 Å². The summed E-state index contributed by atoms with van der Waals surface area (Å²) in [7, 11) is 0. The molecule has 2 nitrogen and oxygen atoms in total. The quantitative estimate of drug-likeness (QED) is 0.610. The van der Waals surface area contributed by atoms with Crippen molar-refractivity contribution >= 4 is 5.78 Å². The first-order chi connectivity index (χ1) is 5.19. The van der Waals surface area contributed by atoms with E-state index in [1.807, 2.05) is 13.8 Å². The molecule has 1 atom stereocenters. The molecule has 0 aromatic heterocycles. The number of Topliss-reactive ketones (excluding diaryl/α,β-unsaturated/α-hetero) is 1. The molecule has 0 saturated carbocycles. The van der Waals surface area contributed by atoms with Crippen molar-refractivity contribution in [3.63, 3.8) is 0 Å². The van der Waals surface area contributed by atoms with Crippen molar-refractivity contribution in [1.29, 1.82) is 0 Å². The van der Waals surface area contributed by atoms with Gasteiger partial charge in [0.1, 0.15) is 5.60 Å². The Bertz CT molecular complexity index is 146. The minimum atomic E-state index is -0.451. The average Bonchev–Trinajstić information content (AvgIpc) is 2.04. The van der Waals surface area contributed by atoms with Gasteiger partial charge in [0.2, 0.25) is 0 Å². The molecule has 64 valence electrons. The maximum absolute atomic E-state index is 11.4. The zero-order valence-corrected chi connectivity index (χ0v) is 7.35. The smallest absolute Gasteiger partial charge is 0.164 e. The highest BCUT2D eigenvalue weighted by molar-refractivity contribution is 5.86. The SMILES string of the molecule is CCC(=O)[C@@]1(C)CCCCO1. The molecule has 1 aliphatic rings. The van der Waals surface area contributed by atoms with Gasteiger partial charge in [-0.2, -0.15) is 0 Å². The van der Waals surface area contributed by atoms with E-state index in [0.717, 1.165) is 25.9 Å². The fraction of sp³-hybridized carbons (Fsp3) is 0.889. The third-order valence-electron chi connectivity index (χ3n) is 2.38. The van der Waals surface area contributed by atoms with E-state index in [9.17, 15) is 4.79 Å². The third-order valence-corrected chi connectivity index (χ3v) is 2.38. The van der Waals surface area contributed by atoms with Crippen molar-refractivity contribution in [3.05, 3.63) is 0 Å². The van der Waals surface area contributed by atoms with Crippen LogP contribution in [0.15, 0.2) is 0 Å². The first kappa shape index (κ1) is 8.72. The van der Waals surface area contributed by atoms with Crippen LogP contribution >= 0.6 is 0 Å². The van der Waals surface area contributed by atoms with Crippen molar-refractivity contribution in [2.24, 2.45) is 0 Å². The van der Waals surface area contributed by atoms with Gasteiger partial charge in [-0.15, -0.1) is 0 Å². The number of hydrogen-bond donors (Lipinski definition) is 0. The molecule has 1 heterocycles. The van der Waals surface area contributed by atoms with Crippen LogP contribution in [0.5, 0.6) is 0 Å². The Labute approximate surface area is 67.9 Å². The molecule has 1 saturated heterocycles. The van der Waals surface area contributed by atoms with E-state index in [2.05, 4.69) is 0 Å². The molecule has 0 aromatic rings. The Morgan fingerprint density at radius 3 is 2.73 bits per heavy atom. The van der Waals surface area contributed by atoms with Crippen molar-refractivity contribution in [1.82, 2.24) is 0 Å². The predicted molar refractivity (Wildman–Crippen MR) is 43.5 cm³/mol. The third kappa shape index (κ3) is 1.80. The normalized spacial score (nSPS) is 31.8. The van der Waals surface area contributed by atoms with E-state index >= 15 is 0 Å². The van der Waals surface area contributed by atoms with Gasteiger partial charge in [-0.3, -0.25) is 4.79 Å². The first-order valence-electron chi connectivity index (χ1n) is 4.36. The van der Waals surface area contributed by atoms with Crippen LogP contribution in [0.2, 0.25) is 0 Å². The van der Waals surface area contributed by atoms with Crippen molar-refractivity contribution in [3.8, 4) is 0 Å². The van der Waals surface area contributed by atoms with E-state index in [0.29, 0.717) is 6.42 Å². The van der Waals surface area contributed by atoms with Crippen molar-refractivity contribution in [2.75, 3.05) is 6.61 Å². The van der Waals surface area contributed by atoms with Gasteiger partial charge in [-0.05, 0) is 26.2 Å². The van der Waals surface area contributed by atoms with Crippen LogP contribution in [0.25, 0.3) is 0 Å². The van der Waals surface area contributed by atoms with E-state index in [-0.39, 0.29) is 5.78 Å². The number of rotatable bonds is 2. The predicted octanol–water partition coefficient (Wildman–Crippen LogP) is 1.92. The summed E-state index contributed by atoms with van der Waals surface area (Å²) in [6, 6.07) is 0. The molecule has 1 fully saturated rings. The zero-order chi connectivity index (χ0) is 8.32. The molecular weight excluding hydrogens is 140 g/mol. The van der Waals surface area contributed by atoms with Gasteiger partial charge in [0.25, 0.3) is 0 Å². The molecule has 0 aromatic carbocycles. The summed E-state index contributed by atoms with van der Waals surface area (Å²) in [5.74, 6) is 0.247. The van der Waals surface area contributed by atoms with Gasteiger partial charge in [-0.25, -0.2) is 0 Å². The van der Waals surface area contributed by atoms with E-state index in [1.165, 1.54) is 0 Å². The molecule has 0 amide bonds. The Morgan fingerprint density at radius 1 is 1.55 bits per heavy atom. The Kier molecular flexibility index (Phi) is 2.66. The second-order valence-electron chi connectivity index (χ2n) is 3.31. The molecule has 1 aliphatic heterocycles. The highest BCUT2D eigenvalue weighted by Crippen LogP contribution is 2.26. The standard InChI is InChI=1S/C9H16O2/c1-3-8(10)9(2)6-4-5-7-11-9/h3-7H2,1-2H3/t9-/m1/s1. The van der Waals surface area contributed by atoms with Crippen LogP contribution in [-0.2, 0) is 9.53 Å². The molecule has 1 rings (SSSR count). The summed E-state index contributed by atoms with van der Waals surface area (Å²) in [5.41, 5.74) is -0.451. The second kappa shape index (κ2) is 3.35. The summed E-state index contributed by atoms with van der Waals surface area (Å²) < 4.78 is 5.47. The largest absolute Gasteiger partial charge is 0.368 e. The minimum absolute atomic E-state index is 0.247. The maximum atomic E-state index is 11.4. The molecule has 0 aliphatic carbocycles. The van der Waals surface area contributed by atoms with E-state index in [4.69, 9.17) is 4.74 Å². The van der Waals surface area contributed by atoms with Gasteiger partial charge >= 0.3 is 0 Å². The van der Waals surface area contributed by atoms with Gasteiger partial charge in [-0.1, -0.05) is 6.92 Å². The lowest BCUT2D eigenvalue weighted by molar-refractivity contribution is -0.147. The lowest BCUT2D eigenvalue weighted by Gasteiger charge is -2.31. The highest BCUT2D eigenvalue weighted by Gasteiger charge is 2.33. The number of hydrogen-bond acceptors (Lipinski definition) is 2. The fourth-order valence-corrected chi connectivity index (χ4v) is 1.53. The van der Waals surface area contributed by atoms with Gasteiger partial charge < -0.3 is 4.74 Å². The molecule has 0 radical (unpaired) electrons. The fourth-order valence-electron chi connectivity index (χ4n) is 1.53. The van der Waals surface area contributed by atoms with Crippen LogP contribution in [-0.4, -0.2) is 18.0 Å². The Balaban J connectivity index is 2.56. The maximum Gasteiger partial charge on any atom is 0.164 e. The molecule has 0 bridgehead atoms. The van der Waals surface area contributed by atoms with Gasteiger partial charge in [0.05, 0.1) is 0 Å². The Hall–Kier alpha value is -0.370. The number of ether oxygens (including phenoxy) is 1. The molecule has 0 spiro atoms. The Morgan fingerprint density at radius 2 is 2.27 bits per heavy atom. The summed E-state index contributed by atoms with van der Waals surface area (Å²) in [5, 5.41) is 0. The number of carbonyl (C=O) groups is 1. The first-order valence-corrected chi connectivity index (χ1v) is 4.36. The van der Waals surface area contributed by atoms with Gasteiger partial charge in [0.15, 0.2) is 5.78 Å². The number of ketones is 1. The molecule has 0 N–H and O–H groups in total. The molecule has 11 heavy (non-hydrogen) atoms. The van der Waals surface area contributed by atoms with Crippen LogP contribution in [0.3, 0.4) is 0 Å². The molecule has 2 heteroatoms. The van der Waals surface area contributed by atoms with Crippen LogP contribution in [0.1, 0.15) is 39.5 Å². The summed E-state index contributed by atoms with van der Waals surface area (Å²) in [6.07, 6.45) is 3.73. The van der Waals surface area contributed by atoms with Gasteiger partial charge in [0, 0.05) is 13.0 Å². The zero-order valence-electron chi connectivity index (χ0n) is 7.35. The summed E-state index contributed by atoms with van der Waals surface area (Å²) in [4.78, 5) is 11.4. The average molecular weight is 156 g/mol. The van der Waals surface area contributed by atoms with Crippen molar-refractivity contribution in [2.45, 2.75) is 45.1 Å². The van der Waals surface area contributed by atoms with E-state index in [1.54, 1.807) is 0 Å². The van der Waals surface area contributed by atoms with Crippen LogP contribution in [0.4, 0.5) is 0 Å². The van der Waals surface area contributed by atoms with Crippen molar-refractivity contribution < 1.29 is 9.53 Å². The van der Waals surface area contributed by atoms with E-state index < -0.39 is 5.60 Å². The molecule has 0 unspecified atom stereocenters. The minimum Gasteiger partial charge on any atom is -0.368 e. The lowest BCUT2D eigenvalue weighted by atomic mass is 9.90. The lowest BCUT2D eigenvalue weighted by Crippen LogP contribution is -2.40. The second-order valence-corrected chi connectivity index (χ2v) is 3.31.